The van der Waals surface area contributed by atoms with E-state index in [4.69, 9.17) is 14.2 Å². The van der Waals surface area contributed by atoms with E-state index < -0.39 is 6.10 Å². The maximum Gasteiger partial charge on any atom is 0.306 e. The van der Waals surface area contributed by atoms with Gasteiger partial charge >= 0.3 is 17.9 Å². The lowest BCUT2D eigenvalue weighted by Gasteiger charge is -2.18. The molecule has 0 aromatic carbocycles. The zero-order chi connectivity index (χ0) is 48.6. The standard InChI is InChI=1S/C61H100O6/c1-4-7-10-13-16-19-22-25-27-28-29-30-31-32-34-36-39-42-45-48-51-54-60(63)66-57-58(56-65-59(62)53-50-47-44-41-38-35-24-21-18-15-12-9-6-3)67-61(64)55-52-49-46-43-40-37-33-26-23-20-17-14-11-8-5-2/h8-9,11-12,17-18,20-22,25-26,28-29,33,35,38,44,47,58H,4-7,10,13-16,19,23-24,27,30-32,34,36-37,39-43,45-46,48-57H2,1-3H3/b11-8-,12-9-,20-17-,21-18-,25-22-,29-28-,33-26-,38-35-,47-44-. The second kappa shape index (κ2) is 54.7. The molecule has 67 heavy (non-hydrogen) atoms. The zero-order valence-electron chi connectivity index (χ0n) is 43.4. The number of unbranched alkanes of at least 4 members (excludes halogenated alkanes) is 19. The van der Waals surface area contributed by atoms with Crippen molar-refractivity contribution in [2.45, 2.75) is 245 Å². The molecule has 0 aliphatic carbocycles. The Morgan fingerprint density at radius 2 is 0.612 bits per heavy atom. The first-order valence-corrected chi connectivity index (χ1v) is 27.4. The van der Waals surface area contributed by atoms with Crippen LogP contribution in [0.25, 0.3) is 0 Å². The summed E-state index contributed by atoms with van der Waals surface area (Å²) in [7, 11) is 0. The lowest BCUT2D eigenvalue weighted by atomic mass is 10.1. The maximum atomic E-state index is 12.8. The molecule has 0 N–H and O–H groups in total. The SMILES string of the molecule is CC/C=C\C/C=C\C/C=C\C/C=C\CCC(=O)OCC(COC(=O)CCCCCCCCCCC/C=C\C/C=C\CCCCCCC)OC(=O)CCCCCCC/C=C\C/C=C\C/C=C\CC. The third-order valence-electron chi connectivity index (χ3n) is 11.3. The van der Waals surface area contributed by atoms with Crippen LogP contribution in [-0.2, 0) is 28.6 Å². The van der Waals surface area contributed by atoms with Crippen molar-refractivity contribution < 1.29 is 28.6 Å². The summed E-state index contributed by atoms with van der Waals surface area (Å²) in [4.78, 5) is 38.0. The first-order chi connectivity index (χ1) is 33.0. The Hall–Kier alpha value is -3.93. The summed E-state index contributed by atoms with van der Waals surface area (Å²) in [5.74, 6) is -1.02. The zero-order valence-corrected chi connectivity index (χ0v) is 43.4. The minimum atomic E-state index is -0.819. The predicted octanol–water partition coefficient (Wildman–Crippen LogP) is 18.3. The normalized spacial score (nSPS) is 12.9. The van der Waals surface area contributed by atoms with Gasteiger partial charge in [0.25, 0.3) is 0 Å². The van der Waals surface area contributed by atoms with E-state index in [1.54, 1.807) is 0 Å². The number of rotatable bonds is 48. The van der Waals surface area contributed by atoms with Gasteiger partial charge in [0.05, 0.1) is 0 Å². The second-order valence-electron chi connectivity index (χ2n) is 17.7. The number of carbonyl (C=O) groups is 3. The van der Waals surface area contributed by atoms with Crippen LogP contribution in [0.4, 0.5) is 0 Å². The van der Waals surface area contributed by atoms with E-state index in [1.807, 2.05) is 12.2 Å². The van der Waals surface area contributed by atoms with E-state index in [9.17, 15) is 14.4 Å². The molecule has 1 atom stereocenters. The van der Waals surface area contributed by atoms with Gasteiger partial charge < -0.3 is 14.2 Å². The van der Waals surface area contributed by atoms with Gasteiger partial charge in [0.2, 0.25) is 0 Å². The van der Waals surface area contributed by atoms with E-state index in [2.05, 4.69) is 118 Å². The molecule has 0 aliphatic rings. The molecule has 0 fully saturated rings. The fourth-order valence-corrected chi connectivity index (χ4v) is 7.21. The van der Waals surface area contributed by atoms with E-state index in [0.717, 1.165) is 109 Å². The van der Waals surface area contributed by atoms with E-state index in [1.165, 1.54) is 83.5 Å². The lowest BCUT2D eigenvalue weighted by molar-refractivity contribution is -0.166. The van der Waals surface area contributed by atoms with Gasteiger partial charge in [-0.2, -0.15) is 0 Å². The first kappa shape index (κ1) is 63.1. The molecule has 1 unspecified atom stereocenters. The number of allylic oxidation sites excluding steroid dienone is 18. The fourth-order valence-electron chi connectivity index (χ4n) is 7.21. The third kappa shape index (κ3) is 52.9. The van der Waals surface area contributed by atoms with Crippen LogP contribution in [0.15, 0.2) is 109 Å². The summed E-state index contributed by atoms with van der Waals surface area (Å²) >= 11 is 0. The highest BCUT2D eigenvalue weighted by Gasteiger charge is 2.19. The highest BCUT2D eigenvalue weighted by Crippen LogP contribution is 2.14. The van der Waals surface area contributed by atoms with Gasteiger partial charge in [-0.1, -0.05) is 220 Å². The van der Waals surface area contributed by atoms with Crippen LogP contribution in [0.2, 0.25) is 0 Å². The molecule has 0 aromatic rings. The Morgan fingerprint density at radius 1 is 0.313 bits per heavy atom. The van der Waals surface area contributed by atoms with E-state index >= 15 is 0 Å². The van der Waals surface area contributed by atoms with Gasteiger partial charge in [-0.25, -0.2) is 0 Å². The van der Waals surface area contributed by atoms with Crippen molar-refractivity contribution in [3.05, 3.63) is 109 Å². The van der Waals surface area contributed by atoms with Gasteiger partial charge in [0, 0.05) is 19.3 Å². The summed E-state index contributed by atoms with van der Waals surface area (Å²) in [6.45, 7) is 6.31. The quantitative estimate of drug-likeness (QED) is 0.0262. The van der Waals surface area contributed by atoms with Crippen LogP contribution >= 0.6 is 0 Å². The average Bonchev–Trinajstić information content (AvgIpc) is 3.33. The Kier molecular flexibility index (Phi) is 51.5. The second-order valence-corrected chi connectivity index (χ2v) is 17.7. The summed E-state index contributed by atoms with van der Waals surface area (Å²) in [6.07, 6.45) is 73.8. The fraction of sp³-hybridized carbons (Fsp3) is 0.656. The minimum Gasteiger partial charge on any atom is -0.462 e. The Balaban J connectivity index is 4.44. The molecule has 6 heteroatoms. The molecule has 0 saturated heterocycles. The summed E-state index contributed by atoms with van der Waals surface area (Å²) in [5.41, 5.74) is 0. The Morgan fingerprint density at radius 3 is 1.00 bits per heavy atom. The molecular formula is C61H100O6. The summed E-state index contributed by atoms with van der Waals surface area (Å²) in [6, 6.07) is 0. The van der Waals surface area contributed by atoms with Crippen molar-refractivity contribution in [1.29, 1.82) is 0 Å². The molecular weight excluding hydrogens is 829 g/mol. The molecule has 0 amide bonds. The smallest absolute Gasteiger partial charge is 0.306 e. The number of hydrogen-bond acceptors (Lipinski definition) is 6. The van der Waals surface area contributed by atoms with Crippen molar-refractivity contribution in [3.8, 4) is 0 Å². The minimum absolute atomic E-state index is 0.111. The van der Waals surface area contributed by atoms with Crippen LogP contribution < -0.4 is 0 Å². The molecule has 0 bridgehead atoms. The van der Waals surface area contributed by atoms with Crippen LogP contribution in [0.3, 0.4) is 0 Å². The molecule has 0 rings (SSSR count). The van der Waals surface area contributed by atoms with Gasteiger partial charge in [-0.15, -0.1) is 0 Å². The van der Waals surface area contributed by atoms with Gasteiger partial charge in [-0.3, -0.25) is 14.4 Å². The van der Waals surface area contributed by atoms with Gasteiger partial charge in [0.15, 0.2) is 6.10 Å². The average molecular weight is 929 g/mol. The van der Waals surface area contributed by atoms with Gasteiger partial charge in [-0.05, 0) is 109 Å². The number of carbonyl (C=O) groups excluding carboxylic acids is 3. The summed E-state index contributed by atoms with van der Waals surface area (Å²) < 4.78 is 16.7. The molecule has 0 spiro atoms. The number of hydrogen-bond donors (Lipinski definition) is 0. The maximum absolute atomic E-state index is 12.8. The highest BCUT2D eigenvalue weighted by molar-refractivity contribution is 5.71. The molecule has 0 saturated carbocycles. The Labute approximate surface area is 412 Å². The topological polar surface area (TPSA) is 78.9 Å². The monoisotopic (exact) mass is 929 g/mol. The van der Waals surface area contributed by atoms with Crippen LogP contribution in [0.5, 0.6) is 0 Å². The first-order valence-electron chi connectivity index (χ1n) is 27.4. The molecule has 0 aromatic heterocycles. The molecule has 0 heterocycles. The molecule has 380 valence electrons. The largest absolute Gasteiger partial charge is 0.462 e. The molecule has 6 nitrogen and oxygen atoms in total. The third-order valence-corrected chi connectivity index (χ3v) is 11.3. The van der Waals surface area contributed by atoms with E-state index in [0.29, 0.717) is 19.3 Å². The number of esters is 3. The van der Waals surface area contributed by atoms with Crippen molar-refractivity contribution >= 4 is 17.9 Å². The molecule has 0 aliphatic heterocycles. The van der Waals surface area contributed by atoms with Gasteiger partial charge in [0.1, 0.15) is 13.2 Å². The molecule has 0 radical (unpaired) electrons. The highest BCUT2D eigenvalue weighted by atomic mass is 16.6. The van der Waals surface area contributed by atoms with Crippen LogP contribution in [0, 0.1) is 0 Å². The van der Waals surface area contributed by atoms with Crippen LogP contribution in [0.1, 0.15) is 239 Å². The van der Waals surface area contributed by atoms with Crippen LogP contribution in [-0.4, -0.2) is 37.2 Å². The van der Waals surface area contributed by atoms with Crippen molar-refractivity contribution in [2.24, 2.45) is 0 Å². The van der Waals surface area contributed by atoms with Crippen molar-refractivity contribution in [1.82, 2.24) is 0 Å². The summed E-state index contributed by atoms with van der Waals surface area (Å²) in [5, 5.41) is 0. The lowest BCUT2D eigenvalue weighted by Crippen LogP contribution is -2.30. The van der Waals surface area contributed by atoms with Crippen molar-refractivity contribution in [3.63, 3.8) is 0 Å². The number of ether oxygens (including phenoxy) is 3. The van der Waals surface area contributed by atoms with E-state index in [-0.39, 0.29) is 37.5 Å². The Bertz CT molecular complexity index is 1390. The van der Waals surface area contributed by atoms with Crippen molar-refractivity contribution in [2.75, 3.05) is 13.2 Å². The predicted molar refractivity (Wildman–Crippen MR) is 288 cm³/mol.